The summed E-state index contributed by atoms with van der Waals surface area (Å²) in [6.07, 6.45) is 3.00. The van der Waals surface area contributed by atoms with E-state index in [0.717, 1.165) is 24.8 Å². The summed E-state index contributed by atoms with van der Waals surface area (Å²) in [5.41, 5.74) is 0.975. The summed E-state index contributed by atoms with van der Waals surface area (Å²) in [6, 6.07) is 7.23. The van der Waals surface area contributed by atoms with Crippen LogP contribution in [0.3, 0.4) is 0 Å². The number of halogens is 1. The number of alkyl halides is 1. The number of hydrogen-bond donors (Lipinski definition) is 0. The van der Waals surface area contributed by atoms with Crippen LogP contribution in [0.2, 0.25) is 0 Å². The van der Waals surface area contributed by atoms with E-state index < -0.39 is 10.0 Å². The number of nitrogens with zero attached hydrogens (tertiary/aromatic N) is 1. The summed E-state index contributed by atoms with van der Waals surface area (Å²) in [5, 5.41) is 0.706. The molecule has 2 rings (SSSR count). The zero-order valence-corrected chi connectivity index (χ0v) is 12.9. The number of rotatable bonds is 3. The van der Waals surface area contributed by atoms with E-state index in [1.54, 1.807) is 22.5 Å². The summed E-state index contributed by atoms with van der Waals surface area (Å²) in [5.74, 6) is 0. The van der Waals surface area contributed by atoms with E-state index >= 15 is 0 Å². The Kier molecular flexibility index (Phi) is 4.45. The maximum Gasteiger partial charge on any atom is 0.243 e. The van der Waals surface area contributed by atoms with Gasteiger partial charge in [-0.25, -0.2) is 8.42 Å². The van der Waals surface area contributed by atoms with Crippen molar-refractivity contribution in [2.24, 2.45) is 0 Å². The maximum atomic E-state index is 12.6. The monoisotopic (exact) mass is 331 g/mol. The molecule has 1 fully saturated rings. The standard InChI is InChI=1S/C13H18BrNO2S/c1-11-5-4-7-13(9-11)18(16,17)15-8-3-2-6-12(15)10-14/h4-5,7,9,12H,2-3,6,8,10H2,1H3. The van der Waals surface area contributed by atoms with Crippen molar-refractivity contribution in [3.63, 3.8) is 0 Å². The minimum Gasteiger partial charge on any atom is -0.207 e. The third-order valence-corrected chi connectivity index (χ3v) is 6.04. The van der Waals surface area contributed by atoms with Gasteiger partial charge in [0.25, 0.3) is 0 Å². The lowest BCUT2D eigenvalue weighted by molar-refractivity contribution is 0.273. The van der Waals surface area contributed by atoms with Gasteiger partial charge in [0.2, 0.25) is 10.0 Å². The number of benzene rings is 1. The lowest BCUT2D eigenvalue weighted by atomic mass is 10.1. The minimum atomic E-state index is -3.34. The smallest absolute Gasteiger partial charge is 0.207 e. The molecule has 5 heteroatoms. The molecule has 1 saturated heterocycles. The predicted octanol–water partition coefficient (Wildman–Crippen LogP) is 2.93. The normalized spacial score (nSPS) is 22.0. The van der Waals surface area contributed by atoms with Crippen LogP contribution < -0.4 is 0 Å². The van der Waals surface area contributed by atoms with Gasteiger partial charge in [0.1, 0.15) is 0 Å². The third kappa shape index (κ3) is 2.78. The van der Waals surface area contributed by atoms with Crippen LogP contribution in [0, 0.1) is 6.92 Å². The number of aryl methyl sites for hydroxylation is 1. The summed E-state index contributed by atoms with van der Waals surface area (Å²) in [7, 11) is -3.34. The van der Waals surface area contributed by atoms with Crippen molar-refractivity contribution in [3.8, 4) is 0 Å². The molecular formula is C13H18BrNO2S. The number of hydrogen-bond acceptors (Lipinski definition) is 2. The highest BCUT2D eigenvalue weighted by molar-refractivity contribution is 9.09. The second-order valence-electron chi connectivity index (χ2n) is 4.74. The molecule has 1 aliphatic heterocycles. The summed E-state index contributed by atoms with van der Waals surface area (Å²) < 4.78 is 26.9. The molecule has 1 aromatic carbocycles. The fourth-order valence-electron chi connectivity index (χ4n) is 2.36. The quantitative estimate of drug-likeness (QED) is 0.798. The van der Waals surface area contributed by atoms with E-state index in [1.807, 2.05) is 13.0 Å². The molecule has 0 amide bonds. The van der Waals surface area contributed by atoms with Crippen LogP contribution in [-0.2, 0) is 10.0 Å². The lowest BCUT2D eigenvalue weighted by Crippen LogP contribution is -2.44. The topological polar surface area (TPSA) is 37.4 Å². The Bertz CT molecular complexity index is 515. The van der Waals surface area contributed by atoms with E-state index in [0.29, 0.717) is 16.8 Å². The SMILES string of the molecule is Cc1cccc(S(=O)(=O)N2CCCCC2CBr)c1. The van der Waals surface area contributed by atoms with Crippen molar-refractivity contribution >= 4 is 26.0 Å². The van der Waals surface area contributed by atoms with Crippen LogP contribution in [0.25, 0.3) is 0 Å². The molecule has 0 aromatic heterocycles. The number of sulfonamides is 1. The van der Waals surface area contributed by atoms with Gasteiger partial charge in [0.15, 0.2) is 0 Å². The van der Waals surface area contributed by atoms with Crippen LogP contribution >= 0.6 is 15.9 Å². The molecule has 1 aromatic rings. The lowest BCUT2D eigenvalue weighted by Gasteiger charge is -2.33. The van der Waals surface area contributed by atoms with Gasteiger partial charge in [-0.2, -0.15) is 4.31 Å². The highest BCUT2D eigenvalue weighted by Crippen LogP contribution is 2.26. The Balaban J connectivity index is 2.35. The molecule has 0 spiro atoms. The fraction of sp³-hybridized carbons (Fsp3) is 0.538. The van der Waals surface area contributed by atoms with Gasteiger partial charge in [-0.3, -0.25) is 0 Å². The Hall–Kier alpha value is -0.390. The van der Waals surface area contributed by atoms with Crippen molar-refractivity contribution in [1.29, 1.82) is 0 Å². The Morgan fingerprint density at radius 2 is 2.17 bits per heavy atom. The molecule has 0 saturated carbocycles. The molecular weight excluding hydrogens is 314 g/mol. The molecule has 18 heavy (non-hydrogen) atoms. The van der Waals surface area contributed by atoms with Gasteiger partial charge in [-0.1, -0.05) is 34.5 Å². The van der Waals surface area contributed by atoms with E-state index in [1.165, 1.54) is 0 Å². The Labute approximate surface area is 117 Å². The first-order valence-electron chi connectivity index (χ1n) is 6.20. The molecule has 0 aliphatic carbocycles. The first-order valence-corrected chi connectivity index (χ1v) is 8.76. The van der Waals surface area contributed by atoms with Gasteiger partial charge in [0.05, 0.1) is 4.90 Å². The van der Waals surface area contributed by atoms with Gasteiger partial charge in [-0.05, 0) is 37.5 Å². The van der Waals surface area contributed by atoms with E-state index in [-0.39, 0.29) is 6.04 Å². The second kappa shape index (κ2) is 5.72. The second-order valence-corrected chi connectivity index (χ2v) is 7.27. The fourth-order valence-corrected chi connectivity index (χ4v) is 5.02. The van der Waals surface area contributed by atoms with E-state index in [4.69, 9.17) is 0 Å². The molecule has 1 heterocycles. The molecule has 100 valence electrons. The first-order chi connectivity index (χ1) is 8.55. The maximum absolute atomic E-state index is 12.6. The average Bonchev–Trinajstić information content (AvgIpc) is 2.38. The average molecular weight is 332 g/mol. The summed E-state index contributed by atoms with van der Waals surface area (Å²) >= 11 is 3.42. The minimum absolute atomic E-state index is 0.0873. The Morgan fingerprint density at radius 3 is 2.83 bits per heavy atom. The molecule has 1 atom stereocenters. The van der Waals surface area contributed by atoms with Gasteiger partial charge >= 0.3 is 0 Å². The molecule has 1 unspecified atom stereocenters. The van der Waals surface area contributed by atoms with Crippen LogP contribution in [0.4, 0.5) is 0 Å². The van der Waals surface area contributed by atoms with Gasteiger partial charge < -0.3 is 0 Å². The van der Waals surface area contributed by atoms with Crippen molar-refractivity contribution in [1.82, 2.24) is 4.31 Å². The number of piperidine rings is 1. The van der Waals surface area contributed by atoms with Crippen LogP contribution in [-0.4, -0.2) is 30.6 Å². The van der Waals surface area contributed by atoms with Crippen molar-refractivity contribution in [2.45, 2.75) is 37.1 Å². The van der Waals surface area contributed by atoms with Gasteiger partial charge in [-0.15, -0.1) is 0 Å². The highest BCUT2D eigenvalue weighted by Gasteiger charge is 2.32. The highest BCUT2D eigenvalue weighted by atomic mass is 79.9. The molecule has 0 bridgehead atoms. The molecule has 3 nitrogen and oxygen atoms in total. The Morgan fingerprint density at radius 1 is 1.39 bits per heavy atom. The van der Waals surface area contributed by atoms with E-state index in [2.05, 4.69) is 15.9 Å². The summed E-state index contributed by atoms with van der Waals surface area (Å²) in [6.45, 7) is 2.55. The van der Waals surface area contributed by atoms with Crippen LogP contribution in [0.5, 0.6) is 0 Å². The largest absolute Gasteiger partial charge is 0.243 e. The summed E-state index contributed by atoms with van der Waals surface area (Å²) in [4.78, 5) is 0.412. The molecule has 0 N–H and O–H groups in total. The zero-order chi connectivity index (χ0) is 13.2. The van der Waals surface area contributed by atoms with Crippen molar-refractivity contribution in [3.05, 3.63) is 29.8 Å². The van der Waals surface area contributed by atoms with Crippen molar-refractivity contribution < 1.29 is 8.42 Å². The zero-order valence-electron chi connectivity index (χ0n) is 10.5. The molecule has 0 radical (unpaired) electrons. The van der Waals surface area contributed by atoms with Gasteiger partial charge in [0, 0.05) is 17.9 Å². The van der Waals surface area contributed by atoms with Crippen LogP contribution in [0.15, 0.2) is 29.2 Å². The van der Waals surface area contributed by atoms with E-state index in [9.17, 15) is 8.42 Å². The predicted molar refractivity (Wildman–Crippen MR) is 76.5 cm³/mol. The molecule has 1 aliphatic rings. The first kappa shape index (κ1) is 14.0. The van der Waals surface area contributed by atoms with Crippen molar-refractivity contribution in [2.75, 3.05) is 11.9 Å². The third-order valence-electron chi connectivity index (χ3n) is 3.35. The van der Waals surface area contributed by atoms with Crippen LogP contribution in [0.1, 0.15) is 24.8 Å².